The minimum absolute atomic E-state index is 0.0348. The van der Waals surface area contributed by atoms with Gasteiger partial charge in [-0.1, -0.05) is 19.1 Å². The number of hydrogen-bond donors (Lipinski definition) is 0. The van der Waals surface area contributed by atoms with Crippen LogP contribution >= 0.6 is 0 Å². The number of hydrogen-bond acceptors (Lipinski definition) is 7. The van der Waals surface area contributed by atoms with E-state index in [1.165, 1.54) is 28.8 Å². The van der Waals surface area contributed by atoms with Crippen molar-refractivity contribution < 1.29 is 26.0 Å². The zero-order chi connectivity index (χ0) is 23.3. The molecule has 0 saturated heterocycles. The second kappa shape index (κ2) is 10.2. The van der Waals surface area contributed by atoms with Gasteiger partial charge >= 0.3 is 6.43 Å². The number of rotatable bonds is 10. The van der Waals surface area contributed by atoms with Crippen molar-refractivity contribution in [2.24, 2.45) is 0 Å². The van der Waals surface area contributed by atoms with Crippen molar-refractivity contribution in [2.45, 2.75) is 32.6 Å². The highest BCUT2D eigenvalue weighted by molar-refractivity contribution is 7.89. The van der Waals surface area contributed by atoms with Crippen molar-refractivity contribution in [1.29, 1.82) is 0 Å². The van der Waals surface area contributed by atoms with Gasteiger partial charge < -0.3 is 4.42 Å². The summed E-state index contributed by atoms with van der Waals surface area (Å²) in [5.74, 6) is -1.31. The van der Waals surface area contributed by atoms with Crippen LogP contribution in [-0.4, -0.2) is 51.7 Å². The maximum atomic E-state index is 13.4. The van der Waals surface area contributed by atoms with Gasteiger partial charge in [0.2, 0.25) is 10.0 Å². The Morgan fingerprint density at radius 2 is 1.72 bits per heavy atom. The molecule has 2 heterocycles. The largest absolute Gasteiger partial charge is 0.415 e. The first-order valence-corrected chi connectivity index (χ1v) is 11.5. The Labute approximate surface area is 183 Å². The van der Waals surface area contributed by atoms with Crippen molar-refractivity contribution in [1.82, 2.24) is 24.5 Å². The van der Waals surface area contributed by atoms with Gasteiger partial charge in [-0.15, -0.1) is 10.2 Å². The van der Waals surface area contributed by atoms with Gasteiger partial charge in [-0.3, -0.25) is 0 Å². The minimum Gasteiger partial charge on any atom is -0.415 e. The lowest BCUT2D eigenvalue weighted by Crippen LogP contribution is -2.36. The first kappa shape index (κ1) is 23.8. The lowest BCUT2D eigenvalue weighted by Gasteiger charge is -2.25. The number of aromatic nitrogens is 4. The van der Waals surface area contributed by atoms with Crippen molar-refractivity contribution in [3.63, 3.8) is 0 Å². The molecule has 0 aliphatic carbocycles. The molecule has 0 aliphatic rings. The SMILES string of the molecule is CCN(CC(Cc1ncc(-c2nnc(C(F)F)o2)cn1)c1ccc(F)cc1)S(=O)(=O)CC. The molecule has 0 bridgehead atoms. The monoisotopic (exact) mass is 469 g/mol. The van der Waals surface area contributed by atoms with Gasteiger partial charge in [0.25, 0.3) is 11.8 Å². The van der Waals surface area contributed by atoms with E-state index < -0.39 is 28.2 Å². The van der Waals surface area contributed by atoms with Crippen LogP contribution < -0.4 is 0 Å². The summed E-state index contributed by atoms with van der Waals surface area (Å²) in [6.45, 7) is 3.78. The third-order valence-corrected chi connectivity index (χ3v) is 6.81. The third-order valence-electron chi connectivity index (χ3n) is 4.88. The third kappa shape index (κ3) is 5.68. The van der Waals surface area contributed by atoms with E-state index in [1.54, 1.807) is 26.0 Å². The quantitative estimate of drug-likeness (QED) is 0.447. The maximum Gasteiger partial charge on any atom is 0.314 e. The van der Waals surface area contributed by atoms with Crippen molar-refractivity contribution in [2.75, 3.05) is 18.8 Å². The number of benzene rings is 1. The summed E-state index contributed by atoms with van der Waals surface area (Å²) >= 11 is 0. The van der Waals surface area contributed by atoms with Crippen LogP contribution in [0.25, 0.3) is 11.5 Å². The zero-order valence-corrected chi connectivity index (χ0v) is 18.3. The molecule has 0 radical (unpaired) electrons. The van der Waals surface area contributed by atoms with E-state index in [2.05, 4.69) is 20.2 Å². The summed E-state index contributed by atoms with van der Waals surface area (Å²) in [5, 5.41) is 6.82. The molecule has 1 aromatic carbocycles. The van der Waals surface area contributed by atoms with Gasteiger partial charge in [-0.05, 0) is 24.6 Å². The molecule has 2 aromatic heterocycles. The average molecular weight is 469 g/mol. The van der Waals surface area contributed by atoms with Crippen LogP contribution in [0.1, 0.15) is 43.5 Å². The van der Waals surface area contributed by atoms with Gasteiger partial charge in [0, 0.05) is 37.8 Å². The van der Waals surface area contributed by atoms with E-state index >= 15 is 0 Å². The molecule has 0 amide bonds. The minimum atomic E-state index is -3.43. The van der Waals surface area contributed by atoms with Crippen molar-refractivity contribution in [3.05, 3.63) is 59.8 Å². The Hall–Kier alpha value is -2.86. The molecule has 0 spiro atoms. The zero-order valence-electron chi connectivity index (χ0n) is 17.5. The fraction of sp³-hybridized carbons (Fsp3) is 0.400. The lowest BCUT2D eigenvalue weighted by molar-refractivity contribution is 0.116. The molecule has 12 heteroatoms. The smallest absolute Gasteiger partial charge is 0.314 e. The molecular weight excluding hydrogens is 447 g/mol. The van der Waals surface area contributed by atoms with E-state index in [0.29, 0.717) is 5.82 Å². The molecule has 0 aliphatic heterocycles. The van der Waals surface area contributed by atoms with Gasteiger partial charge in [0.1, 0.15) is 11.6 Å². The van der Waals surface area contributed by atoms with Crippen LogP contribution in [0, 0.1) is 5.82 Å². The van der Waals surface area contributed by atoms with Gasteiger partial charge in [0.05, 0.1) is 11.3 Å². The average Bonchev–Trinajstić information content (AvgIpc) is 3.28. The molecule has 3 rings (SSSR count). The molecule has 1 unspecified atom stereocenters. The Kier molecular flexibility index (Phi) is 7.56. The Morgan fingerprint density at radius 1 is 1.06 bits per heavy atom. The number of nitrogens with zero attached hydrogens (tertiary/aromatic N) is 5. The van der Waals surface area contributed by atoms with Crippen molar-refractivity contribution in [3.8, 4) is 11.5 Å². The van der Waals surface area contributed by atoms with Gasteiger partial charge in [-0.25, -0.2) is 27.1 Å². The predicted octanol–water partition coefficient (Wildman–Crippen LogP) is 3.60. The maximum absolute atomic E-state index is 13.4. The van der Waals surface area contributed by atoms with E-state index in [0.717, 1.165) is 5.56 Å². The summed E-state index contributed by atoms with van der Waals surface area (Å²) in [7, 11) is -3.43. The van der Waals surface area contributed by atoms with Crippen LogP contribution in [0.15, 0.2) is 41.1 Å². The van der Waals surface area contributed by atoms with Gasteiger partial charge in [-0.2, -0.15) is 8.78 Å². The van der Waals surface area contributed by atoms with E-state index in [1.807, 2.05) is 0 Å². The highest BCUT2D eigenvalue weighted by Gasteiger charge is 2.25. The first-order chi connectivity index (χ1) is 15.2. The number of likely N-dealkylation sites (N-methyl/N-ethyl adjacent to an activating group) is 1. The molecular formula is C20H22F3N5O3S. The molecule has 3 aromatic rings. The summed E-state index contributed by atoms with van der Waals surface area (Å²) in [5.41, 5.74) is 1.01. The first-order valence-electron chi connectivity index (χ1n) is 9.89. The topological polar surface area (TPSA) is 102 Å². The number of halogens is 3. The van der Waals surface area contributed by atoms with Crippen LogP contribution in [0.5, 0.6) is 0 Å². The Bertz CT molecular complexity index is 1120. The van der Waals surface area contributed by atoms with Crippen LogP contribution in [-0.2, 0) is 16.4 Å². The summed E-state index contributed by atoms with van der Waals surface area (Å²) in [6.07, 6.45) is 0.127. The van der Waals surface area contributed by atoms with E-state index in [4.69, 9.17) is 4.42 Å². The van der Waals surface area contributed by atoms with Crippen LogP contribution in [0.2, 0.25) is 0 Å². The fourth-order valence-corrected chi connectivity index (χ4v) is 4.29. The normalized spacial score (nSPS) is 13.1. The van der Waals surface area contributed by atoms with Crippen LogP contribution in [0.4, 0.5) is 13.2 Å². The molecule has 0 fully saturated rings. The fourth-order valence-electron chi connectivity index (χ4n) is 3.12. The number of sulfonamides is 1. The summed E-state index contributed by atoms with van der Waals surface area (Å²) in [6, 6.07) is 5.83. The highest BCUT2D eigenvalue weighted by Crippen LogP contribution is 2.25. The molecule has 1 atom stereocenters. The molecule has 0 N–H and O–H groups in total. The van der Waals surface area contributed by atoms with Crippen molar-refractivity contribution >= 4 is 10.0 Å². The van der Waals surface area contributed by atoms with Crippen LogP contribution in [0.3, 0.4) is 0 Å². The standard InChI is InChI=1S/C20H22F3N5O3S/c1-3-28(32(29,30)4-2)12-14(13-5-7-16(21)8-6-13)9-17-24-10-15(11-25-17)19-26-27-20(31-19)18(22)23/h5-8,10-11,14,18H,3-4,9,12H2,1-2H3. The van der Waals surface area contributed by atoms with E-state index in [9.17, 15) is 21.6 Å². The molecule has 172 valence electrons. The number of alkyl halides is 2. The predicted molar refractivity (Wildman–Crippen MR) is 110 cm³/mol. The molecule has 32 heavy (non-hydrogen) atoms. The Balaban J connectivity index is 1.84. The second-order valence-electron chi connectivity index (χ2n) is 6.94. The Morgan fingerprint density at radius 3 is 2.25 bits per heavy atom. The lowest BCUT2D eigenvalue weighted by atomic mass is 9.95. The van der Waals surface area contributed by atoms with E-state index in [-0.39, 0.29) is 42.6 Å². The summed E-state index contributed by atoms with van der Waals surface area (Å²) < 4.78 is 69.8. The summed E-state index contributed by atoms with van der Waals surface area (Å²) in [4.78, 5) is 8.48. The molecule has 8 nitrogen and oxygen atoms in total. The van der Waals surface area contributed by atoms with Gasteiger partial charge in [0.15, 0.2) is 0 Å². The second-order valence-corrected chi connectivity index (χ2v) is 9.20. The highest BCUT2D eigenvalue weighted by atomic mass is 32.2. The molecule has 0 saturated carbocycles.